The summed E-state index contributed by atoms with van der Waals surface area (Å²) >= 11 is 0. The van der Waals surface area contributed by atoms with Crippen LogP contribution in [0.15, 0.2) is 77.4 Å². The van der Waals surface area contributed by atoms with E-state index in [2.05, 4.69) is 0 Å². The van der Waals surface area contributed by atoms with E-state index < -0.39 is 6.10 Å². The number of nitrogens with zero attached hydrogens (tertiary/aromatic N) is 1. The molecule has 2 N–H and O–H groups in total. The summed E-state index contributed by atoms with van der Waals surface area (Å²) in [4.78, 5) is 14.4. The summed E-state index contributed by atoms with van der Waals surface area (Å²) in [5.41, 5.74) is 1.31. The van der Waals surface area contributed by atoms with Crippen LogP contribution in [0, 0.1) is 0 Å². The Morgan fingerprint density at radius 1 is 1.04 bits per heavy atom. The third-order valence-electron chi connectivity index (χ3n) is 3.86. The van der Waals surface area contributed by atoms with E-state index in [-0.39, 0.29) is 18.2 Å². The second-order valence-corrected chi connectivity index (χ2v) is 5.75. The van der Waals surface area contributed by atoms with Crippen LogP contribution in [0.4, 0.5) is 0 Å². The Morgan fingerprint density at radius 2 is 1.84 bits per heavy atom. The van der Waals surface area contributed by atoms with Crippen LogP contribution >= 0.6 is 0 Å². The van der Waals surface area contributed by atoms with Crippen molar-refractivity contribution in [2.45, 2.75) is 12.6 Å². The van der Waals surface area contributed by atoms with E-state index in [0.29, 0.717) is 17.9 Å². The molecule has 128 valence electrons. The maximum absolute atomic E-state index is 12.9. The van der Waals surface area contributed by atoms with E-state index in [0.717, 1.165) is 5.56 Å². The first-order chi connectivity index (χ1) is 12.1. The first-order valence-electron chi connectivity index (χ1n) is 7.97. The first kappa shape index (κ1) is 16.8. The summed E-state index contributed by atoms with van der Waals surface area (Å²) in [5, 5.41) is 20.0. The molecule has 0 fully saturated rings. The van der Waals surface area contributed by atoms with Gasteiger partial charge in [0.2, 0.25) is 0 Å². The molecule has 0 bridgehead atoms. The SMILES string of the molecule is O=C(c1cccc(O)c1)N(Cc1ccccc1)C[C@@H](O)c1ccco1. The lowest BCUT2D eigenvalue weighted by atomic mass is 10.1. The van der Waals surface area contributed by atoms with Crippen molar-refractivity contribution in [3.63, 3.8) is 0 Å². The summed E-state index contributed by atoms with van der Waals surface area (Å²) in [6.45, 7) is 0.421. The number of aliphatic hydroxyl groups is 1. The first-order valence-corrected chi connectivity index (χ1v) is 7.97. The smallest absolute Gasteiger partial charge is 0.254 e. The molecule has 5 nitrogen and oxygen atoms in total. The monoisotopic (exact) mass is 337 g/mol. The molecule has 0 saturated carbocycles. The van der Waals surface area contributed by atoms with E-state index in [1.165, 1.54) is 23.3 Å². The van der Waals surface area contributed by atoms with Gasteiger partial charge in [0.05, 0.1) is 12.8 Å². The molecule has 1 amide bonds. The highest BCUT2D eigenvalue weighted by atomic mass is 16.4. The molecule has 1 heterocycles. The van der Waals surface area contributed by atoms with E-state index in [1.807, 2.05) is 30.3 Å². The number of aromatic hydroxyl groups is 1. The van der Waals surface area contributed by atoms with E-state index in [1.54, 1.807) is 24.3 Å². The fourth-order valence-electron chi connectivity index (χ4n) is 2.62. The Hall–Kier alpha value is -3.05. The zero-order chi connectivity index (χ0) is 17.6. The summed E-state index contributed by atoms with van der Waals surface area (Å²) < 4.78 is 5.22. The zero-order valence-electron chi connectivity index (χ0n) is 13.6. The number of benzene rings is 2. The molecule has 5 heteroatoms. The fourth-order valence-corrected chi connectivity index (χ4v) is 2.62. The largest absolute Gasteiger partial charge is 0.508 e. The number of phenolic OH excluding ortho intramolecular Hbond substituents is 1. The van der Waals surface area contributed by atoms with Crippen LogP contribution in [0.5, 0.6) is 5.75 Å². The lowest BCUT2D eigenvalue weighted by Crippen LogP contribution is -2.34. The number of hydrogen-bond acceptors (Lipinski definition) is 4. The predicted molar refractivity (Wildman–Crippen MR) is 93.0 cm³/mol. The van der Waals surface area contributed by atoms with E-state index in [4.69, 9.17) is 4.42 Å². The standard InChI is InChI=1S/C20H19NO4/c22-17-9-4-8-16(12-17)20(24)21(13-15-6-2-1-3-7-15)14-18(23)19-10-5-11-25-19/h1-12,18,22-23H,13-14H2/t18-/m1/s1. The number of hydrogen-bond donors (Lipinski definition) is 2. The third-order valence-corrected chi connectivity index (χ3v) is 3.86. The molecule has 1 atom stereocenters. The van der Waals surface area contributed by atoms with Gasteiger partial charge >= 0.3 is 0 Å². The van der Waals surface area contributed by atoms with Gasteiger partial charge in [0, 0.05) is 12.1 Å². The van der Waals surface area contributed by atoms with Gasteiger partial charge in [0.25, 0.3) is 5.91 Å². The number of carbonyl (C=O) groups is 1. The normalized spacial score (nSPS) is 11.9. The summed E-state index contributed by atoms with van der Waals surface area (Å²) in [5.74, 6) is 0.157. The van der Waals surface area contributed by atoms with Gasteiger partial charge in [-0.3, -0.25) is 4.79 Å². The van der Waals surface area contributed by atoms with Gasteiger partial charge in [0.1, 0.15) is 17.6 Å². The maximum atomic E-state index is 12.9. The van der Waals surface area contributed by atoms with Crippen LogP contribution in [0.25, 0.3) is 0 Å². The number of amides is 1. The molecule has 0 spiro atoms. The molecule has 0 radical (unpaired) electrons. The van der Waals surface area contributed by atoms with Crippen LogP contribution in [-0.2, 0) is 6.54 Å². The molecule has 1 aromatic heterocycles. The average molecular weight is 337 g/mol. The maximum Gasteiger partial charge on any atom is 0.254 e. The topological polar surface area (TPSA) is 73.9 Å². The summed E-state index contributed by atoms with van der Waals surface area (Å²) in [6.07, 6.45) is 0.553. The molecular weight excluding hydrogens is 318 g/mol. The van der Waals surface area contributed by atoms with Crippen LogP contribution in [0.1, 0.15) is 27.8 Å². The fraction of sp³-hybridized carbons (Fsp3) is 0.150. The third kappa shape index (κ3) is 4.28. The summed E-state index contributed by atoms with van der Waals surface area (Å²) in [7, 11) is 0. The van der Waals surface area contributed by atoms with E-state index >= 15 is 0 Å². The van der Waals surface area contributed by atoms with Gasteiger partial charge in [-0.1, -0.05) is 36.4 Å². The van der Waals surface area contributed by atoms with Crippen molar-refractivity contribution in [3.8, 4) is 5.75 Å². The Morgan fingerprint density at radius 3 is 2.52 bits per heavy atom. The Balaban J connectivity index is 1.84. The second kappa shape index (κ2) is 7.68. The van der Waals surface area contributed by atoms with Crippen molar-refractivity contribution in [3.05, 3.63) is 89.9 Å². The summed E-state index contributed by atoms with van der Waals surface area (Å²) in [6, 6.07) is 19.1. The van der Waals surface area contributed by atoms with Crippen LogP contribution in [0.2, 0.25) is 0 Å². The Labute approximate surface area is 145 Å². The number of furan rings is 1. The van der Waals surface area contributed by atoms with Crippen molar-refractivity contribution < 1.29 is 19.4 Å². The Kier molecular flexibility index (Phi) is 5.16. The van der Waals surface area contributed by atoms with E-state index in [9.17, 15) is 15.0 Å². The molecule has 0 aliphatic carbocycles. The zero-order valence-corrected chi connectivity index (χ0v) is 13.6. The van der Waals surface area contributed by atoms with Gasteiger partial charge in [0.15, 0.2) is 0 Å². The number of aliphatic hydroxyl groups excluding tert-OH is 1. The van der Waals surface area contributed by atoms with Gasteiger partial charge < -0.3 is 19.5 Å². The predicted octanol–water partition coefficient (Wildman–Crippen LogP) is 3.36. The molecule has 3 rings (SSSR count). The van der Waals surface area contributed by atoms with Gasteiger partial charge in [-0.2, -0.15) is 0 Å². The highest BCUT2D eigenvalue weighted by Crippen LogP contribution is 2.20. The molecule has 0 saturated heterocycles. The molecule has 3 aromatic rings. The number of rotatable bonds is 6. The van der Waals surface area contributed by atoms with Crippen LogP contribution in [0.3, 0.4) is 0 Å². The molecule has 0 aliphatic rings. The van der Waals surface area contributed by atoms with Crippen molar-refractivity contribution in [2.75, 3.05) is 6.54 Å². The lowest BCUT2D eigenvalue weighted by Gasteiger charge is -2.25. The quantitative estimate of drug-likeness (QED) is 0.723. The van der Waals surface area contributed by atoms with Crippen molar-refractivity contribution in [2.24, 2.45) is 0 Å². The molecule has 25 heavy (non-hydrogen) atoms. The highest BCUT2D eigenvalue weighted by molar-refractivity contribution is 5.94. The lowest BCUT2D eigenvalue weighted by molar-refractivity contribution is 0.0563. The minimum absolute atomic E-state index is 0.0251. The van der Waals surface area contributed by atoms with Crippen molar-refractivity contribution in [1.29, 1.82) is 0 Å². The highest BCUT2D eigenvalue weighted by Gasteiger charge is 2.22. The average Bonchev–Trinajstić information content (AvgIpc) is 3.16. The van der Waals surface area contributed by atoms with Crippen molar-refractivity contribution >= 4 is 5.91 Å². The van der Waals surface area contributed by atoms with Crippen molar-refractivity contribution in [1.82, 2.24) is 4.90 Å². The van der Waals surface area contributed by atoms with Gasteiger partial charge in [-0.15, -0.1) is 0 Å². The van der Waals surface area contributed by atoms with Crippen LogP contribution in [-0.4, -0.2) is 27.6 Å². The number of carbonyl (C=O) groups excluding carboxylic acids is 1. The van der Waals surface area contributed by atoms with Gasteiger partial charge in [-0.25, -0.2) is 0 Å². The van der Waals surface area contributed by atoms with Gasteiger partial charge in [-0.05, 0) is 35.9 Å². The number of phenols is 1. The Bertz CT molecular complexity index is 815. The van der Waals surface area contributed by atoms with Crippen LogP contribution < -0.4 is 0 Å². The molecule has 0 aliphatic heterocycles. The molecular formula is C20H19NO4. The minimum atomic E-state index is -0.931. The minimum Gasteiger partial charge on any atom is -0.508 e. The molecule has 0 unspecified atom stereocenters. The second-order valence-electron chi connectivity index (χ2n) is 5.75. The molecule has 2 aromatic carbocycles.